The normalized spacial score (nSPS) is 22.2. The Bertz CT molecular complexity index is 867. The number of hydrogen-bond donors (Lipinski definition) is 4. The summed E-state index contributed by atoms with van der Waals surface area (Å²) < 4.78 is 0. The molecule has 10 nitrogen and oxygen atoms in total. The fraction of sp³-hybridized carbons (Fsp3) is 0.357. The SMILES string of the molecule is CO/N=C(\C(=O)NC1C(=O)N2C(C(=O)O)=C(CS)CSC12)c1csc(N)n1. The Kier molecular flexibility index (Phi) is 5.62. The van der Waals surface area contributed by atoms with Crippen LogP contribution in [0.2, 0.25) is 0 Å². The molecule has 2 amide bonds. The minimum absolute atomic E-state index is 0.0673. The first-order valence-corrected chi connectivity index (χ1v) is 10.1. The summed E-state index contributed by atoms with van der Waals surface area (Å²) >= 11 is 6.62. The number of nitrogens with one attached hydrogen (secondary N) is 1. The lowest BCUT2D eigenvalue weighted by atomic mass is 10.0. The van der Waals surface area contributed by atoms with Gasteiger partial charge in [0.25, 0.3) is 11.8 Å². The number of fused-ring (bicyclic) bond motifs is 1. The second-order valence-corrected chi connectivity index (χ2v) is 7.78. The number of nitrogens with zero attached hydrogens (tertiary/aromatic N) is 3. The Morgan fingerprint density at radius 3 is 2.89 bits per heavy atom. The summed E-state index contributed by atoms with van der Waals surface area (Å²) in [6.07, 6.45) is 0. The number of thiazole rings is 1. The Labute approximate surface area is 167 Å². The van der Waals surface area contributed by atoms with Gasteiger partial charge < -0.3 is 21.0 Å². The van der Waals surface area contributed by atoms with Crippen molar-refractivity contribution >= 4 is 64.4 Å². The zero-order chi connectivity index (χ0) is 19.7. The van der Waals surface area contributed by atoms with E-state index in [4.69, 9.17) is 5.73 Å². The van der Waals surface area contributed by atoms with Crippen LogP contribution in [0.15, 0.2) is 21.8 Å². The molecule has 1 aromatic rings. The lowest BCUT2D eigenvalue weighted by molar-refractivity contribution is -0.150. The van der Waals surface area contributed by atoms with E-state index in [9.17, 15) is 19.5 Å². The highest BCUT2D eigenvalue weighted by Gasteiger charge is 2.54. The molecule has 4 N–H and O–H groups in total. The van der Waals surface area contributed by atoms with E-state index in [0.717, 1.165) is 11.3 Å². The van der Waals surface area contributed by atoms with E-state index in [0.29, 0.717) is 11.3 Å². The minimum Gasteiger partial charge on any atom is -0.477 e. The summed E-state index contributed by atoms with van der Waals surface area (Å²) in [5, 5.41) is 16.9. The van der Waals surface area contributed by atoms with Crippen LogP contribution in [-0.2, 0) is 19.2 Å². The maximum Gasteiger partial charge on any atom is 0.352 e. The summed E-state index contributed by atoms with van der Waals surface area (Å²) in [6, 6.07) is -0.878. The van der Waals surface area contributed by atoms with Gasteiger partial charge in [-0.2, -0.15) is 12.6 Å². The number of aromatic nitrogens is 1. The molecule has 2 atom stereocenters. The van der Waals surface area contributed by atoms with Gasteiger partial charge in [-0.1, -0.05) is 5.16 Å². The third-order valence-electron chi connectivity index (χ3n) is 3.89. The summed E-state index contributed by atoms with van der Waals surface area (Å²) in [5.74, 6) is -1.72. The lowest BCUT2D eigenvalue weighted by Crippen LogP contribution is -2.71. The summed E-state index contributed by atoms with van der Waals surface area (Å²) in [5.41, 5.74) is 6.17. The van der Waals surface area contributed by atoms with Crippen molar-refractivity contribution in [3.63, 3.8) is 0 Å². The molecule has 3 rings (SSSR count). The van der Waals surface area contributed by atoms with Crippen LogP contribution in [0.25, 0.3) is 0 Å². The highest BCUT2D eigenvalue weighted by atomic mass is 32.2. The van der Waals surface area contributed by atoms with Crippen molar-refractivity contribution in [1.82, 2.24) is 15.2 Å². The first kappa shape index (κ1) is 19.5. The summed E-state index contributed by atoms with van der Waals surface area (Å²) in [6.45, 7) is 0. The van der Waals surface area contributed by atoms with Crippen LogP contribution >= 0.6 is 35.7 Å². The van der Waals surface area contributed by atoms with Gasteiger partial charge in [0.2, 0.25) is 0 Å². The third-order valence-corrected chi connectivity index (χ3v) is 6.28. The maximum atomic E-state index is 12.6. The molecule has 1 aromatic heterocycles. The van der Waals surface area contributed by atoms with E-state index in [1.165, 1.54) is 23.8 Å². The fourth-order valence-electron chi connectivity index (χ4n) is 2.71. The van der Waals surface area contributed by atoms with E-state index >= 15 is 0 Å². The van der Waals surface area contributed by atoms with Crippen LogP contribution in [-0.4, -0.2) is 68.5 Å². The summed E-state index contributed by atoms with van der Waals surface area (Å²) in [7, 11) is 1.28. The number of carbonyl (C=O) groups is 3. The molecule has 1 saturated heterocycles. The van der Waals surface area contributed by atoms with Crippen LogP contribution < -0.4 is 11.1 Å². The molecule has 0 saturated carbocycles. The fourth-order valence-corrected chi connectivity index (χ4v) is 5.01. The van der Waals surface area contributed by atoms with Crippen molar-refractivity contribution in [2.45, 2.75) is 11.4 Å². The predicted molar refractivity (Wildman–Crippen MR) is 104 cm³/mol. The molecule has 2 unspecified atom stereocenters. The molecule has 144 valence electrons. The number of nitrogen functional groups attached to an aromatic ring is 1. The monoisotopic (exact) mass is 429 g/mol. The Balaban J connectivity index is 1.79. The number of carboxylic acids is 1. The molecule has 2 aliphatic heterocycles. The standard InChI is InChI=1S/C14H15N5O5S3/c1-24-18-7(6-4-27-14(15)16-6)10(20)17-8-11(21)19-9(13(22)23)5(2-25)3-26-12(8)19/h4,8,12,25H,2-3H2,1H3,(H2,15,16)(H,17,20)(H,22,23)/b18-7-. The molecule has 1 fully saturated rings. The van der Waals surface area contributed by atoms with Crippen LogP contribution in [0.1, 0.15) is 5.69 Å². The molecule has 0 bridgehead atoms. The smallest absolute Gasteiger partial charge is 0.352 e. The number of anilines is 1. The van der Waals surface area contributed by atoms with Crippen LogP contribution in [0.5, 0.6) is 0 Å². The molecule has 0 spiro atoms. The Hall–Kier alpha value is -2.25. The zero-order valence-corrected chi connectivity index (χ0v) is 16.4. The molecule has 13 heteroatoms. The van der Waals surface area contributed by atoms with Crippen molar-refractivity contribution in [2.75, 3.05) is 24.3 Å². The van der Waals surface area contributed by atoms with Gasteiger partial charge in [-0.05, 0) is 5.57 Å². The van der Waals surface area contributed by atoms with Gasteiger partial charge in [-0.15, -0.1) is 23.1 Å². The average molecular weight is 430 g/mol. The number of aliphatic carboxylic acids is 1. The van der Waals surface area contributed by atoms with Crippen molar-refractivity contribution in [1.29, 1.82) is 0 Å². The molecule has 0 aromatic carbocycles. The van der Waals surface area contributed by atoms with Gasteiger partial charge in [-0.3, -0.25) is 14.5 Å². The second-order valence-electron chi connectivity index (χ2n) is 5.47. The molecule has 0 aliphatic carbocycles. The Morgan fingerprint density at radius 1 is 1.59 bits per heavy atom. The number of oxime groups is 1. The number of thioether (sulfide) groups is 1. The third kappa shape index (κ3) is 3.49. The van der Waals surface area contributed by atoms with Crippen molar-refractivity contribution in [3.8, 4) is 0 Å². The quantitative estimate of drug-likeness (QED) is 0.209. The van der Waals surface area contributed by atoms with Gasteiger partial charge in [0.1, 0.15) is 29.9 Å². The van der Waals surface area contributed by atoms with Crippen molar-refractivity contribution < 1.29 is 24.3 Å². The van der Waals surface area contributed by atoms with Crippen molar-refractivity contribution in [2.24, 2.45) is 5.16 Å². The maximum absolute atomic E-state index is 12.6. The number of carboxylic acid groups (broad SMARTS) is 1. The molecule has 0 radical (unpaired) electrons. The van der Waals surface area contributed by atoms with E-state index in [1.54, 1.807) is 5.38 Å². The van der Waals surface area contributed by atoms with E-state index in [1.807, 2.05) is 0 Å². The number of amides is 2. The van der Waals surface area contributed by atoms with Crippen LogP contribution in [0, 0.1) is 0 Å². The largest absolute Gasteiger partial charge is 0.477 e. The Morgan fingerprint density at radius 2 is 2.33 bits per heavy atom. The first-order chi connectivity index (χ1) is 12.9. The zero-order valence-electron chi connectivity index (χ0n) is 13.9. The van der Waals surface area contributed by atoms with Gasteiger partial charge in [0, 0.05) is 16.9 Å². The molecular formula is C14H15N5O5S3. The molecule has 2 aliphatic rings. The van der Waals surface area contributed by atoms with E-state index < -0.39 is 29.2 Å². The number of carbonyl (C=O) groups excluding carboxylic acids is 2. The summed E-state index contributed by atoms with van der Waals surface area (Å²) in [4.78, 5) is 46.5. The first-order valence-electron chi connectivity index (χ1n) is 7.53. The van der Waals surface area contributed by atoms with Gasteiger partial charge in [-0.25, -0.2) is 9.78 Å². The number of rotatable bonds is 6. The second kappa shape index (κ2) is 7.78. The molecule has 3 heterocycles. The number of thiol groups is 1. The van der Waals surface area contributed by atoms with Crippen LogP contribution in [0.4, 0.5) is 5.13 Å². The lowest BCUT2D eigenvalue weighted by Gasteiger charge is -2.49. The number of β-lactam (4-membered cyclic amide) rings is 1. The molecular weight excluding hydrogens is 414 g/mol. The molecule has 27 heavy (non-hydrogen) atoms. The minimum atomic E-state index is -1.19. The average Bonchev–Trinajstić information content (AvgIpc) is 3.08. The van der Waals surface area contributed by atoms with Crippen LogP contribution in [0.3, 0.4) is 0 Å². The van der Waals surface area contributed by atoms with E-state index in [-0.39, 0.29) is 28.0 Å². The van der Waals surface area contributed by atoms with Gasteiger partial charge >= 0.3 is 5.97 Å². The van der Waals surface area contributed by atoms with Crippen molar-refractivity contribution in [3.05, 3.63) is 22.3 Å². The van der Waals surface area contributed by atoms with Gasteiger partial charge in [0.05, 0.1) is 0 Å². The predicted octanol–water partition coefficient (Wildman–Crippen LogP) is -0.256. The number of nitrogens with two attached hydrogens (primary N) is 1. The highest BCUT2D eigenvalue weighted by molar-refractivity contribution is 8.00. The highest BCUT2D eigenvalue weighted by Crippen LogP contribution is 2.40. The topological polar surface area (TPSA) is 147 Å². The van der Waals surface area contributed by atoms with Gasteiger partial charge in [0.15, 0.2) is 10.8 Å². The number of hydrogen-bond acceptors (Lipinski definition) is 10. The van der Waals surface area contributed by atoms with E-state index in [2.05, 4.69) is 32.9 Å².